The fraction of sp³-hybridized carbons (Fsp3) is 0.474. The van der Waals surface area contributed by atoms with Gasteiger partial charge in [0.05, 0.1) is 18.9 Å². The topological polar surface area (TPSA) is 71.7 Å². The van der Waals surface area contributed by atoms with E-state index in [0.29, 0.717) is 26.3 Å². The van der Waals surface area contributed by atoms with Crippen molar-refractivity contribution in [2.75, 3.05) is 20.2 Å². The van der Waals surface area contributed by atoms with E-state index < -0.39 is 0 Å². The number of hydrogen-bond donors (Lipinski definition) is 2. The zero-order chi connectivity index (χ0) is 18.8. The maximum absolute atomic E-state index is 5.96. The molecular weight excluding hydrogens is 479 g/mol. The number of rotatable bonds is 9. The van der Waals surface area contributed by atoms with Gasteiger partial charge in [-0.05, 0) is 24.1 Å². The molecule has 1 heterocycles. The van der Waals surface area contributed by atoms with E-state index in [1.54, 1.807) is 7.05 Å². The summed E-state index contributed by atoms with van der Waals surface area (Å²) in [5.41, 5.74) is 3.18. The Labute approximate surface area is 183 Å². The lowest BCUT2D eigenvalue weighted by Crippen LogP contribution is -2.38. The van der Waals surface area contributed by atoms with Crippen LogP contribution in [0, 0.1) is 0 Å². The van der Waals surface area contributed by atoms with Gasteiger partial charge in [-0.3, -0.25) is 4.99 Å². The van der Waals surface area contributed by atoms with Gasteiger partial charge in [-0.2, -0.15) is 0 Å². The second-order valence-corrected chi connectivity index (χ2v) is 6.21. The Morgan fingerprint density at radius 2 is 2.07 bits per heavy atom. The summed E-state index contributed by atoms with van der Waals surface area (Å²) in [5.74, 6) is 1.65. The third-order valence-electron chi connectivity index (χ3n) is 3.96. The molecule has 0 bridgehead atoms. The lowest BCUT2D eigenvalue weighted by Gasteiger charge is -2.12. The molecule has 0 aliphatic rings. The molecule has 0 atom stereocenters. The minimum Gasteiger partial charge on any atom is -0.375 e. The van der Waals surface area contributed by atoms with Gasteiger partial charge in [-0.1, -0.05) is 42.7 Å². The fourth-order valence-electron chi connectivity index (χ4n) is 2.59. The van der Waals surface area contributed by atoms with Crippen LogP contribution in [0.5, 0.6) is 0 Å². The van der Waals surface area contributed by atoms with Crippen LogP contribution in [0.3, 0.4) is 0 Å². The molecular formula is C19H28ClIN4O2. The molecule has 0 fully saturated rings. The summed E-state index contributed by atoms with van der Waals surface area (Å²) in [4.78, 5) is 4.24. The number of ether oxygens (including phenoxy) is 1. The quantitative estimate of drug-likeness (QED) is 0.233. The molecule has 6 nitrogen and oxygen atoms in total. The number of hydrogen-bond acceptors (Lipinski definition) is 4. The minimum atomic E-state index is 0. The molecule has 27 heavy (non-hydrogen) atoms. The number of aryl methyl sites for hydroxylation is 2. The molecule has 1 aromatic carbocycles. The molecule has 2 rings (SSSR count). The van der Waals surface area contributed by atoms with Gasteiger partial charge in [0.1, 0.15) is 5.76 Å². The second-order valence-electron chi connectivity index (χ2n) is 5.77. The van der Waals surface area contributed by atoms with Gasteiger partial charge in [-0.15, -0.1) is 24.0 Å². The maximum Gasteiger partial charge on any atom is 0.191 e. The van der Waals surface area contributed by atoms with E-state index in [1.165, 1.54) is 0 Å². The number of guanidine groups is 1. The van der Waals surface area contributed by atoms with Gasteiger partial charge >= 0.3 is 0 Å². The fourth-order valence-corrected chi connectivity index (χ4v) is 2.80. The summed E-state index contributed by atoms with van der Waals surface area (Å²) in [7, 11) is 1.75. The van der Waals surface area contributed by atoms with E-state index in [2.05, 4.69) is 34.6 Å². The minimum absolute atomic E-state index is 0. The summed E-state index contributed by atoms with van der Waals surface area (Å²) in [6.07, 6.45) is 1.68. The Bertz CT molecular complexity index is 700. The Kier molecular flexibility index (Phi) is 11.4. The Hall–Kier alpha value is -1.32. The Balaban J connectivity index is 0.00000364. The first-order valence-electron chi connectivity index (χ1n) is 8.90. The summed E-state index contributed by atoms with van der Waals surface area (Å²) < 4.78 is 11.0. The van der Waals surface area contributed by atoms with E-state index in [0.717, 1.165) is 46.4 Å². The lowest BCUT2D eigenvalue weighted by molar-refractivity contribution is 0.125. The first-order chi connectivity index (χ1) is 12.7. The monoisotopic (exact) mass is 506 g/mol. The molecule has 0 spiro atoms. The van der Waals surface area contributed by atoms with Crippen LogP contribution in [0.4, 0.5) is 0 Å². The van der Waals surface area contributed by atoms with E-state index in [9.17, 15) is 0 Å². The van der Waals surface area contributed by atoms with Crippen molar-refractivity contribution in [2.45, 2.75) is 39.8 Å². The molecule has 0 unspecified atom stereocenters. The number of halogens is 2. The van der Waals surface area contributed by atoms with Crippen LogP contribution < -0.4 is 10.6 Å². The smallest absolute Gasteiger partial charge is 0.191 e. The van der Waals surface area contributed by atoms with Crippen molar-refractivity contribution in [1.29, 1.82) is 0 Å². The van der Waals surface area contributed by atoms with Crippen molar-refractivity contribution in [3.63, 3.8) is 0 Å². The van der Waals surface area contributed by atoms with Crippen molar-refractivity contribution in [1.82, 2.24) is 15.8 Å². The van der Waals surface area contributed by atoms with Gasteiger partial charge < -0.3 is 19.9 Å². The van der Waals surface area contributed by atoms with Gasteiger partial charge in [-0.25, -0.2) is 0 Å². The molecule has 0 aliphatic carbocycles. The first kappa shape index (κ1) is 23.7. The molecule has 0 aliphatic heterocycles. The highest BCUT2D eigenvalue weighted by Gasteiger charge is 2.13. The van der Waals surface area contributed by atoms with Crippen molar-refractivity contribution in [2.24, 2.45) is 4.99 Å². The number of benzene rings is 1. The van der Waals surface area contributed by atoms with Crippen molar-refractivity contribution in [3.8, 4) is 0 Å². The van der Waals surface area contributed by atoms with Gasteiger partial charge in [0.25, 0.3) is 0 Å². The van der Waals surface area contributed by atoms with Crippen LogP contribution in [-0.4, -0.2) is 31.3 Å². The molecule has 1 aromatic heterocycles. The maximum atomic E-state index is 5.96. The molecule has 2 aromatic rings. The van der Waals surface area contributed by atoms with Crippen molar-refractivity contribution in [3.05, 3.63) is 51.9 Å². The van der Waals surface area contributed by atoms with Gasteiger partial charge in [0.2, 0.25) is 0 Å². The van der Waals surface area contributed by atoms with Crippen LogP contribution in [0.25, 0.3) is 0 Å². The third kappa shape index (κ3) is 7.67. The SMILES string of the molecule is CCc1noc(CC)c1CNC(=NC)NCCOCc1cccc(Cl)c1.I. The number of aliphatic imine (C=N–C) groups is 1. The zero-order valence-corrected chi connectivity index (χ0v) is 19.1. The van der Waals surface area contributed by atoms with Crippen LogP contribution in [0.1, 0.15) is 36.4 Å². The highest BCUT2D eigenvalue weighted by Crippen LogP contribution is 2.15. The Morgan fingerprint density at radius 3 is 2.74 bits per heavy atom. The molecule has 0 saturated carbocycles. The largest absolute Gasteiger partial charge is 0.375 e. The van der Waals surface area contributed by atoms with Gasteiger partial charge in [0.15, 0.2) is 5.96 Å². The third-order valence-corrected chi connectivity index (χ3v) is 4.19. The summed E-state index contributed by atoms with van der Waals surface area (Å²) >= 11 is 5.96. The van der Waals surface area contributed by atoms with Crippen LogP contribution in [0.2, 0.25) is 5.02 Å². The number of aromatic nitrogens is 1. The molecule has 2 N–H and O–H groups in total. The van der Waals surface area contributed by atoms with E-state index >= 15 is 0 Å². The second kappa shape index (κ2) is 13.0. The first-order valence-corrected chi connectivity index (χ1v) is 9.28. The normalized spacial score (nSPS) is 11.2. The van der Waals surface area contributed by atoms with Crippen molar-refractivity contribution < 1.29 is 9.26 Å². The summed E-state index contributed by atoms with van der Waals surface area (Å²) in [5, 5.41) is 11.4. The molecule has 150 valence electrons. The van der Waals surface area contributed by atoms with Crippen molar-refractivity contribution >= 4 is 41.5 Å². The zero-order valence-electron chi connectivity index (χ0n) is 16.0. The predicted molar refractivity (Wildman–Crippen MR) is 120 cm³/mol. The van der Waals surface area contributed by atoms with E-state index in [4.69, 9.17) is 20.9 Å². The average molecular weight is 507 g/mol. The van der Waals surface area contributed by atoms with Gasteiger partial charge in [0, 0.05) is 37.1 Å². The summed E-state index contributed by atoms with van der Waals surface area (Å²) in [6, 6.07) is 7.68. The highest BCUT2D eigenvalue weighted by atomic mass is 127. The standard InChI is InChI=1S/C19H27ClN4O2.HI/c1-4-17-16(18(5-2)26-24-17)12-23-19(21-3)22-9-10-25-13-14-7-6-8-15(20)11-14;/h6-8,11H,4-5,9-10,12-13H2,1-3H3,(H2,21,22,23);1H. The molecule has 0 radical (unpaired) electrons. The molecule has 0 amide bonds. The predicted octanol–water partition coefficient (Wildman–Crippen LogP) is 3.95. The van der Waals surface area contributed by atoms with E-state index in [-0.39, 0.29) is 24.0 Å². The van der Waals surface area contributed by atoms with Crippen LogP contribution in [-0.2, 0) is 30.7 Å². The average Bonchev–Trinajstić information content (AvgIpc) is 3.06. The Morgan fingerprint density at radius 1 is 1.26 bits per heavy atom. The highest BCUT2D eigenvalue weighted by molar-refractivity contribution is 14.0. The molecule has 8 heteroatoms. The molecule has 0 saturated heterocycles. The summed E-state index contributed by atoms with van der Waals surface area (Å²) in [6.45, 7) is 6.54. The lowest BCUT2D eigenvalue weighted by atomic mass is 10.1. The van der Waals surface area contributed by atoms with Crippen LogP contribution >= 0.6 is 35.6 Å². The van der Waals surface area contributed by atoms with E-state index in [1.807, 2.05) is 24.3 Å². The number of nitrogens with zero attached hydrogens (tertiary/aromatic N) is 2. The van der Waals surface area contributed by atoms with Crippen LogP contribution in [0.15, 0.2) is 33.8 Å². The number of nitrogens with one attached hydrogen (secondary N) is 2.